The molecule has 0 aromatic heterocycles. The predicted molar refractivity (Wildman–Crippen MR) is 101 cm³/mol. The van der Waals surface area contributed by atoms with E-state index in [1.807, 2.05) is 0 Å². The van der Waals surface area contributed by atoms with E-state index in [0.717, 1.165) is 10.4 Å². The topological polar surface area (TPSA) is 107 Å². The Balaban J connectivity index is 2.43. The molecule has 0 atom stereocenters. The van der Waals surface area contributed by atoms with Gasteiger partial charge >= 0.3 is 5.97 Å². The first-order valence-corrected chi connectivity index (χ1v) is 9.62. The lowest BCUT2D eigenvalue weighted by Crippen LogP contribution is -2.26. The highest BCUT2D eigenvalue weighted by Crippen LogP contribution is 2.29. The average molecular weight is 413 g/mol. The number of halogens is 1. The maximum absolute atomic E-state index is 12.8. The van der Waals surface area contributed by atoms with Crippen LogP contribution < -0.4 is 4.31 Å². The molecule has 10 heteroatoms. The van der Waals surface area contributed by atoms with Crippen LogP contribution in [-0.4, -0.2) is 33.0 Å². The molecule has 8 nitrogen and oxygen atoms in total. The van der Waals surface area contributed by atoms with E-state index in [9.17, 15) is 23.3 Å². The molecule has 0 heterocycles. The summed E-state index contributed by atoms with van der Waals surface area (Å²) >= 11 is 6.08. The molecular formula is C17H17ClN2O6S. The fourth-order valence-electron chi connectivity index (χ4n) is 2.32. The molecule has 0 radical (unpaired) electrons. The van der Waals surface area contributed by atoms with Gasteiger partial charge in [0.15, 0.2) is 0 Å². The van der Waals surface area contributed by atoms with Crippen LogP contribution >= 0.6 is 11.6 Å². The fraction of sp³-hybridized carbons (Fsp3) is 0.235. The molecule has 0 bridgehead atoms. The van der Waals surface area contributed by atoms with E-state index in [1.165, 1.54) is 44.3 Å². The Labute approximate surface area is 161 Å². The van der Waals surface area contributed by atoms with Crippen LogP contribution in [0.25, 0.3) is 0 Å². The number of benzene rings is 2. The van der Waals surface area contributed by atoms with Crippen molar-refractivity contribution in [2.45, 2.75) is 18.7 Å². The maximum Gasteiger partial charge on any atom is 0.339 e. The Morgan fingerprint density at radius 3 is 2.48 bits per heavy atom. The summed E-state index contributed by atoms with van der Waals surface area (Å²) in [5, 5.41) is 11.1. The van der Waals surface area contributed by atoms with Crippen molar-refractivity contribution in [2.24, 2.45) is 0 Å². The van der Waals surface area contributed by atoms with Gasteiger partial charge in [0.1, 0.15) is 0 Å². The van der Waals surface area contributed by atoms with Crippen molar-refractivity contribution < 1.29 is 22.9 Å². The average Bonchev–Trinajstić information content (AvgIpc) is 2.60. The minimum atomic E-state index is -4.07. The molecule has 0 unspecified atom stereocenters. The minimum absolute atomic E-state index is 0.0305. The van der Waals surface area contributed by atoms with Gasteiger partial charge in [-0.2, -0.15) is 0 Å². The molecule has 0 saturated heterocycles. The molecule has 0 aliphatic rings. The Bertz CT molecular complexity index is 1010. The van der Waals surface area contributed by atoms with Gasteiger partial charge in [0.25, 0.3) is 15.7 Å². The summed E-state index contributed by atoms with van der Waals surface area (Å²) < 4.78 is 31.4. The van der Waals surface area contributed by atoms with Crippen LogP contribution in [0, 0.1) is 17.0 Å². The van der Waals surface area contributed by atoms with E-state index in [1.54, 1.807) is 6.92 Å². The van der Waals surface area contributed by atoms with Crippen molar-refractivity contribution in [3.63, 3.8) is 0 Å². The van der Waals surface area contributed by atoms with E-state index in [-0.39, 0.29) is 33.5 Å². The van der Waals surface area contributed by atoms with Gasteiger partial charge in [-0.1, -0.05) is 17.7 Å². The zero-order valence-electron chi connectivity index (χ0n) is 14.8. The first kappa shape index (κ1) is 20.7. The van der Waals surface area contributed by atoms with Crippen molar-refractivity contribution in [3.8, 4) is 0 Å². The lowest BCUT2D eigenvalue weighted by Gasteiger charge is -2.20. The summed E-state index contributed by atoms with van der Waals surface area (Å²) in [5.74, 6) is -0.617. The number of hydrogen-bond acceptors (Lipinski definition) is 6. The zero-order valence-corrected chi connectivity index (χ0v) is 16.4. The Morgan fingerprint density at radius 2 is 1.93 bits per heavy atom. The summed E-state index contributed by atoms with van der Waals surface area (Å²) in [6.07, 6.45) is 0. The van der Waals surface area contributed by atoms with E-state index in [2.05, 4.69) is 0 Å². The molecule has 0 N–H and O–H groups in total. The SMILES string of the molecule is CCOC(=O)c1ccc(N(C)S(=O)(=O)c2ccc(C)c([N+](=O)[O-])c2)cc1Cl. The number of anilines is 1. The summed E-state index contributed by atoms with van der Waals surface area (Å²) in [5.41, 5.74) is 0.360. The normalized spacial score (nSPS) is 11.1. The van der Waals surface area contributed by atoms with Gasteiger partial charge in [-0.15, -0.1) is 0 Å². The second-order valence-corrected chi connectivity index (χ2v) is 7.94. The van der Waals surface area contributed by atoms with Gasteiger partial charge in [-0.05, 0) is 38.1 Å². The first-order valence-electron chi connectivity index (χ1n) is 7.80. The highest BCUT2D eigenvalue weighted by atomic mass is 35.5. The number of carbonyl (C=O) groups is 1. The first-order chi connectivity index (χ1) is 12.6. The molecule has 2 aromatic rings. The van der Waals surface area contributed by atoms with Crippen LogP contribution in [0.15, 0.2) is 41.3 Å². The van der Waals surface area contributed by atoms with Gasteiger partial charge in [0.05, 0.1) is 32.7 Å². The fourth-order valence-corrected chi connectivity index (χ4v) is 3.78. The third kappa shape index (κ3) is 4.20. The van der Waals surface area contributed by atoms with Crippen molar-refractivity contribution in [2.75, 3.05) is 18.0 Å². The maximum atomic E-state index is 12.8. The number of esters is 1. The number of aryl methyl sites for hydroxylation is 1. The number of nitrogens with zero attached hydrogens (tertiary/aromatic N) is 2. The number of carbonyl (C=O) groups excluding carboxylic acids is 1. The Morgan fingerprint density at radius 1 is 1.26 bits per heavy atom. The van der Waals surface area contributed by atoms with Crippen LogP contribution in [0.1, 0.15) is 22.8 Å². The van der Waals surface area contributed by atoms with E-state index < -0.39 is 20.9 Å². The molecule has 0 aliphatic heterocycles. The summed E-state index contributed by atoms with van der Waals surface area (Å²) in [6, 6.07) is 7.75. The van der Waals surface area contributed by atoms with Crippen LogP contribution in [0.4, 0.5) is 11.4 Å². The van der Waals surface area contributed by atoms with Crippen molar-refractivity contribution in [1.82, 2.24) is 0 Å². The van der Waals surface area contributed by atoms with Crippen molar-refractivity contribution >= 4 is 39.0 Å². The monoisotopic (exact) mass is 412 g/mol. The summed E-state index contributed by atoms with van der Waals surface area (Å²) in [4.78, 5) is 22.0. The molecule has 0 saturated carbocycles. The van der Waals surface area contributed by atoms with Gasteiger partial charge in [0.2, 0.25) is 0 Å². The molecule has 2 aromatic carbocycles. The van der Waals surface area contributed by atoms with Crippen LogP contribution in [-0.2, 0) is 14.8 Å². The molecule has 0 aliphatic carbocycles. The number of sulfonamides is 1. The van der Waals surface area contributed by atoms with Crippen molar-refractivity contribution in [1.29, 1.82) is 0 Å². The number of hydrogen-bond donors (Lipinski definition) is 0. The highest BCUT2D eigenvalue weighted by molar-refractivity contribution is 7.92. The largest absolute Gasteiger partial charge is 0.462 e. The van der Waals surface area contributed by atoms with Crippen LogP contribution in [0.5, 0.6) is 0 Å². The van der Waals surface area contributed by atoms with Gasteiger partial charge in [0, 0.05) is 18.7 Å². The Kier molecular flexibility index (Phi) is 6.07. The second-order valence-electron chi connectivity index (χ2n) is 5.56. The van der Waals surface area contributed by atoms with Gasteiger partial charge < -0.3 is 4.74 Å². The van der Waals surface area contributed by atoms with E-state index >= 15 is 0 Å². The number of nitro benzene ring substituents is 1. The summed E-state index contributed by atoms with van der Waals surface area (Å²) in [7, 11) is -2.78. The molecule has 0 spiro atoms. The Hall–Kier alpha value is -2.65. The quantitative estimate of drug-likeness (QED) is 0.408. The summed E-state index contributed by atoms with van der Waals surface area (Å²) in [6.45, 7) is 3.35. The van der Waals surface area contributed by atoms with Crippen molar-refractivity contribution in [3.05, 3.63) is 62.7 Å². The second kappa shape index (κ2) is 7.93. The highest BCUT2D eigenvalue weighted by Gasteiger charge is 2.25. The lowest BCUT2D eigenvalue weighted by molar-refractivity contribution is -0.385. The van der Waals surface area contributed by atoms with E-state index in [0.29, 0.717) is 5.56 Å². The third-order valence-electron chi connectivity index (χ3n) is 3.85. The molecular weight excluding hydrogens is 396 g/mol. The number of nitro groups is 1. The molecule has 144 valence electrons. The number of rotatable bonds is 6. The third-order valence-corrected chi connectivity index (χ3v) is 5.94. The van der Waals surface area contributed by atoms with E-state index in [4.69, 9.17) is 16.3 Å². The van der Waals surface area contributed by atoms with Gasteiger partial charge in [-0.3, -0.25) is 14.4 Å². The molecule has 2 rings (SSSR count). The standard InChI is InChI=1S/C17H17ClN2O6S/c1-4-26-17(21)14-8-6-12(9-15(14)18)19(3)27(24,25)13-7-5-11(2)16(10-13)20(22)23/h5-10H,4H2,1-3H3. The lowest BCUT2D eigenvalue weighted by atomic mass is 10.2. The predicted octanol–water partition coefficient (Wildman–Crippen LogP) is 3.56. The van der Waals surface area contributed by atoms with Crippen LogP contribution in [0.3, 0.4) is 0 Å². The van der Waals surface area contributed by atoms with Gasteiger partial charge in [-0.25, -0.2) is 13.2 Å². The van der Waals surface area contributed by atoms with Crippen LogP contribution in [0.2, 0.25) is 5.02 Å². The smallest absolute Gasteiger partial charge is 0.339 e. The number of ether oxygens (including phenoxy) is 1. The molecule has 27 heavy (non-hydrogen) atoms. The zero-order chi connectivity index (χ0) is 20.4. The minimum Gasteiger partial charge on any atom is -0.462 e. The molecule has 0 amide bonds. The molecule has 0 fully saturated rings.